The van der Waals surface area contributed by atoms with Crippen LogP contribution in [0.2, 0.25) is 0 Å². The van der Waals surface area contributed by atoms with Gasteiger partial charge in [-0.05, 0) is 44.0 Å². The molecule has 0 heterocycles. The van der Waals surface area contributed by atoms with Gasteiger partial charge in [0, 0.05) is 18.6 Å². The lowest BCUT2D eigenvalue weighted by molar-refractivity contribution is -0.0617. The summed E-state index contributed by atoms with van der Waals surface area (Å²) in [6, 6.07) is 18.1. The van der Waals surface area contributed by atoms with Crippen molar-refractivity contribution in [3.63, 3.8) is 0 Å². The normalized spacial score (nSPS) is 11.4. The molecular formula is C20H22O2. The molecule has 0 fully saturated rings. The van der Waals surface area contributed by atoms with Crippen LogP contribution in [0.3, 0.4) is 0 Å². The Hall–Kier alpha value is -2.24. The van der Waals surface area contributed by atoms with Gasteiger partial charge in [-0.15, -0.1) is 0 Å². The van der Waals surface area contributed by atoms with Crippen molar-refractivity contribution < 1.29 is 9.47 Å². The number of ether oxygens (including phenoxy) is 2. The Kier molecular flexibility index (Phi) is 6.54. The van der Waals surface area contributed by atoms with Crippen LogP contribution < -0.4 is 4.74 Å². The molecule has 0 aromatic heterocycles. The van der Waals surface area contributed by atoms with Crippen molar-refractivity contribution in [3.05, 3.63) is 65.7 Å². The molecule has 0 bridgehead atoms. The molecule has 0 spiro atoms. The Labute approximate surface area is 133 Å². The second-order valence-electron chi connectivity index (χ2n) is 4.92. The average molecular weight is 294 g/mol. The Balaban J connectivity index is 1.94. The van der Waals surface area contributed by atoms with Crippen LogP contribution in [0.5, 0.6) is 5.75 Å². The van der Waals surface area contributed by atoms with Crippen LogP contribution in [-0.2, 0) is 11.2 Å². The third-order valence-corrected chi connectivity index (χ3v) is 3.19. The maximum Gasteiger partial charge on any atom is 0.196 e. The quantitative estimate of drug-likeness (QED) is 0.579. The zero-order chi connectivity index (χ0) is 15.6. The molecule has 22 heavy (non-hydrogen) atoms. The fourth-order valence-electron chi connectivity index (χ4n) is 2.16. The van der Waals surface area contributed by atoms with E-state index in [2.05, 4.69) is 17.9 Å². The van der Waals surface area contributed by atoms with Crippen molar-refractivity contribution in [1.82, 2.24) is 0 Å². The summed E-state index contributed by atoms with van der Waals surface area (Å²) in [5.41, 5.74) is 2.22. The van der Waals surface area contributed by atoms with E-state index in [1.807, 2.05) is 62.4 Å². The first kappa shape index (κ1) is 16.1. The SMILES string of the molecule is CCOC(C)Oc1ccccc1CCC#Cc1ccccc1. The molecule has 0 N–H and O–H groups in total. The average Bonchev–Trinajstić information content (AvgIpc) is 2.54. The highest BCUT2D eigenvalue weighted by Crippen LogP contribution is 2.21. The summed E-state index contributed by atoms with van der Waals surface area (Å²) in [4.78, 5) is 0. The van der Waals surface area contributed by atoms with Crippen molar-refractivity contribution in [2.75, 3.05) is 6.61 Å². The molecule has 2 aromatic carbocycles. The number of hydrogen-bond acceptors (Lipinski definition) is 2. The van der Waals surface area contributed by atoms with E-state index >= 15 is 0 Å². The molecule has 114 valence electrons. The lowest BCUT2D eigenvalue weighted by Gasteiger charge is -2.16. The summed E-state index contributed by atoms with van der Waals surface area (Å²) in [6.45, 7) is 4.52. The van der Waals surface area contributed by atoms with Crippen LogP contribution in [0.4, 0.5) is 0 Å². The van der Waals surface area contributed by atoms with E-state index in [0.717, 1.165) is 29.7 Å². The van der Waals surface area contributed by atoms with Gasteiger partial charge in [-0.25, -0.2) is 0 Å². The molecule has 0 amide bonds. The Morgan fingerprint density at radius 3 is 2.50 bits per heavy atom. The van der Waals surface area contributed by atoms with Gasteiger partial charge in [-0.1, -0.05) is 48.2 Å². The zero-order valence-corrected chi connectivity index (χ0v) is 13.2. The largest absolute Gasteiger partial charge is 0.465 e. The Morgan fingerprint density at radius 1 is 1.00 bits per heavy atom. The molecule has 0 saturated heterocycles. The highest BCUT2D eigenvalue weighted by Gasteiger charge is 2.07. The predicted molar refractivity (Wildman–Crippen MR) is 89.8 cm³/mol. The number of rotatable bonds is 6. The molecule has 0 aliphatic rings. The summed E-state index contributed by atoms with van der Waals surface area (Å²) < 4.78 is 11.3. The molecule has 2 aromatic rings. The smallest absolute Gasteiger partial charge is 0.196 e. The summed E-state index contributed by atoms with van der Waals surface area (Å²) in [5.74, 6) is 7.28. The first-order valence-corrected chi connectivity index (χ1v) is 7.69. The van der Waals surface area contributed by atoms with Gasteiger partial charge in [0.05, 0.1) is 0 Å². The fourth-order valence-corrected chi connectivity index (χ4v) is 2.16. The van der Waals surface area contributed by atoms with Gasteiger partial charge in [0.2, 0.25) is 0 Å². The third kappa shape index (κ3) is 5.27. The molecular weight excluding hydrogens is 272 g/mol. The van der Waals surface area contributed by atoms with E-state index in [1.54, 1.807) is 0 Å². The van der Waals surface area contributed by atoms with Crippen molar-refractivity contribution >= 4 is 0 Å². The van der Waals surface area contributed by atoms with Gasteiger partial charge in [0.1, 0.15) is 5.75 Å². The van der Waals surface area contributed by atoms with Gasteiger partial charge in [-0.2, -0.15) is 0 Å². The van der Waals surface area contributed by atoms with Gasteiger partial charge < -0.3 is 9.47 Å². The van der Waals surface area contributed by atoms with E-state index in [0.29, 0.717) is 6.61 Å². The molecule has 0 saturated carbocycles. The third-order valence-electron chi connectivity index (χ3n) is 3.19. The minimum absolute atomic E-state index is 0.235. The van der Waals surface area contributed by atoms with Crippen molar-refractivity contribution in [2.24, 2.45) is 0 Å². The van der Waals surface area contributed by atoms with E-state index in [4.69, 9.17) is 9.47 Å². The first-order chi connectivity index (χ1) is 10.8. The summed E-state index contributed by atoms with van der Waals surface area (Å²) in [6.07, 6.45) is 1.44. The van der Waals surface area contributed by atoms with Crippen molar-refractivity contribution in [3.8, 4) is 17.6 Å². The van der Waals surface area contributed by atoms with Gasteiger partial charge in [-0.3, -0.25) is 0 Å². The lowest BCUT2D eigenvalue weighted by atomic mass is 10.1. The molecule has 1 atom stereocenters. The van der Waals surface area contributed by atoms with Crippen LogP contribution in [0, 0.1) is 11.8 Å². The van der Waals surface area contributed by atoms with Crippen molar-refractivity contribution in [1.29, 1.82) is 0 Å². The van der Waals surface area contributed by atoms with E-state index in [1.165, 1.54) is 0 Å². The van der Waals surface area contributed by atoms with Crippen LogP contribution in [0.25, 0.3) is 0 Å². The minimum Gasteiger partial charge on any atom is -0.465 e. The summed E-state index contributed by atoms with van der Waals surface area (Å²) in [5, 5.41) is 0. The predicted octanol–water partition coefficient (Wildman–Crippen LogP) is 4.43. The number of aryl methyl sites for hydroxylation is 1. The highest BCUT2D eigenvalue weighted by atomic mass is 16.7. The monoisotopic (exact) mass is 294 g/mol. The van der Waals surface area contributed by atoms with E-state index < -0.39 is 0 Å². The number of para-hydroxylation sites is 1. The standard InChI is InChI=1S/C20H22O2/c1-3-21-17(2)22-20-16-10-9-15-19(20)14-8-7-13-18-11-5-4-6-12-18/h4-6,9-12,15-17H,3,8,14H2,1-2H3. The number of hydrogen-bond donors (Lipinski definition) is 0. The lowest BCUT2D eigenvalue weighted by Crippen LogP contribution is -2.16. The van der Waals surface area contributed by atoms with Gasteiger partial charge >= 0.3 is 0 Å². The van der Waals surface area contributed by atoms with E-state index in [-0.39, 0.29) is 6.29 Å². The van der Waals surface area contributed by atoms with Crippen LogP contribution in [-0.4, -0.2) is 12.9 Å². The first-order valence-electron chi connectivity index (χ1n) is 7.69. The van der Waals surface area contributed by atoms with Crippen molar-refractivity contribution in [2.45, 2.75) is 33.0 Å². The van der Waals surface area contributed by atoms with E-state index in [9.17, 15) is 0 Å². The minimum atomic E-state index is -0.235. The van der Waals surface area contributed by atoms with Gasteiger partial charge in [0.15, 0.2) is 6.29 Å². The summed E-state index contributed by atoms with van der Waals surface area (Å²) >= 11 is 0. The molecule has 2 nitrogen and oxygen atoms in total. The molecule has 2 heteroatoms. The zero-order valence-electron chi connectivity index (χ0n) is 13.2. The molecule has 0 radical (unpaired) electrons. The second kappa shape index (κ2) is 8.92. The topological polar surface area (TPSA) is 18.5 Å². The maximum absolute atomic E-state index is 5.83. The fraction of sp³-hybridized carbons (Fsp3) is 0.300. The molecule has 0 aliphatic heterocycles. The summed E-state index contributed by atoms with van der Waals surface area (Å²) in [7, 11) is 0. The van der Waals surface area contributed by atoms with Crippen LogP contribution in [0.15, 0.2) is 54.6 Å². The molecule has 0 aliphatic carbocycles. The van der Waals surface area contributed by atoms with Crippen LogP contribution >= 0.6 is 0 Å². The highest BCUT2D eigenvalue weighted by molar-refractivity contribution is 5.36. The van der Waals surface area contributed by atoms with Crippen LogP contribution in [0.1, 0.15) is 31.4 Å². The second-order valence-corrected chi connectivity index (χ2v) is 4.92. The Bertz CT molecular complexity index is 623. The Morgan fingerprint density at radius 2 is 1.73 bits per heavy atom. The maximum atomic E-state index is 5.83. The number of benzene rings is 2. The molecule has 2 rings (SSSR count). The molecule has 1 unspecified atom stereocenters. The van der Waals surface area contributed by atoms with Gasteiger partial charge in [0.25, 0.3) is 0 Å².